The molecule has 0 fully saturated rings. The second-order valence-electron chi connectivity index (χ2n) is 6.80. The van der Waals surface area contributed by atoms with Gasteiger partial charge in [0.25, 0.3) is 10.0 Å². The van der Waals surface area contributed by atoms with Crippen LogP contribution in [0, 0.1) is 5.92 Å². The zero-order valence-corrected chi connectivity index (χ0v) is 17.6. The fourth-order valence-corrected chi connectivity index (χ4v) is 4.74. The van der Waals surface area contributed by atoms with Gasteiger partial charge < -0.3 is 10.1 Å². The number of rotatable bonds is 9. The van der Waals surface area contributed by atoms with E-state index in [0.29, 0.717) is 6.54 Å². The van der Waals surface area contributed by atoms with Gasteiger partial charge in [0.1, 0.15) is 16.0 Å². The van der Waals surface area contributed by atoms with Gasteiger partial charge in [-0.25, -0.2) is 8.42 Å². The molecule has 0 spiro atoms. The van der Waals surface area contributed by atoms with Crippen molar-refractivity contribution < 1.29 is 17.9 Å². The number of nitrogens with one attached hydrogen (secondary N) is 2. The van der Waals surface area contributed by atoms with Crippen LogP contribution < -0.4 is 14.8 Å². The van der Waals surface area contributed by atoms with Gasteiger partial charge in [-0.3, -0.25) is 4.79 Å². The molecule has 2 N–H and O–H groups in total. The van der Waals surface area contributed by atoms with Crippen molar-refractivity contribution in [3.05, 3.63) is 47.3 Å². The van der Waals surface area contributed by atoms with E-state index in [1.807, 2.05) is 38.1 Å². The van der Waals surface area contributed by atoms with E-state index >= 15 is 0 Å². The number of hydrogen-bond donors (Lipinski definition) is 2. The van der Waals surface area contributed by atoms with Crippen LogP contribution in [0.4, 0.5) is 0 Å². The molecular formula is C19H26N2O4S2. The molecular weight excluding hydrogens is 384 g/mol. The predicted octanol–water partition coefficient (Wildman–Crippen LogP) is 3.15. The summed E-state index contributed by atoms with van der Waals surface area (Å²) in [7, 11) is -3.72. The first kappa shape index (κ1) is 21.4. The molecule has 0 saturated carbocycles. The van der Waals surface area contributed by atoms with Gasteiger partial charge in [-0.05, 0) is 48.9 Å². The van der Waals surface area contributed by atoms with Crippen LogP contribution in [-0.2, 0) is 21.4 Å². The van der Waals surface area contributed by atoms with Gasteiger partial charge in [0.05, 0.1) is 6.10 Å². The summed E-state index contributed by atoms with van der Waals surface area (Å²) in [5, 5.41) is 4.49. The molecule has 2 aromatic rings. The number of ether oxygens (including phenoxy) is 1. The second kappa shape index (κ2) is 9.34. The Morgan fingerprint density at radius 2 is 1.78 bits per heavy atom. The highest BCUT2D eigenvalue weighted by Crippen LogP contribution is 2.18. The summed E-state index contributed by atoms with van der Waals surface area (Å²) in [4.78, 5) is 12.6. The van der Waals surface area contributed by atoms with Gasteiger partial charge in [0.15, 0.2) is 0 Å². The van der Waals surface area contributed by atoms with E-state index < -0.39 is 16.1 Å². The van der Waals surface area contributed by atoms with Gasteiger partial charge in [0.2, 0.25) is 5.91 Å². The highest BCUT2D eigenvalue weighted by atomic mass is 32.2. The Bertz CT molecular complexity index is 829. The molecule has 6 nitrogen and oxygen atoms in total. The Labute approximate surface area is 165 Å². The van der Waals surface area contributed by atoms with Gasteiger partial charge in [-0.2, -0.15) is 4.72 Å². The van der Waals surface area contributed by atoms with Gasteiger partial charge >= 0.3 is 0 Å². The molecule has 27 heavy (non-hydrogen) atoms. The molecule has 1 heterocycles. The molecule has 0 aliphatic rings. The van der Waals surface area contributed by atoms with Gasteiger partial charge in [0, 0.05) is 6.54 Å². The Hall–Kier alpha value is -1.90. The molecule has 1 aromatic heterocycles. The number of carbonyl (C=O) groups is 1. The Balaban J connectivity index is 1.99. The quantitative estimate of drug-likeness (QED) is 0.665. The van der Waals surface area contributed by atoms with Crippen molar-refractivity contribution in [3.63, 3.8) is 0 Å². The van der Waals surface area contributed by atoms with Crippen molar-refractivity contribution in [3.8, 4) is 5.75 Å². The molecule has 1 amide bonds. The maximum absolute atomic E-state index is 12.6. The van der Waals surface area contributed by atoms with E-state index in [1.165, 1.54) is 6.07 Å². The molecule has 2 rings (SSSR count). The summed E-state index contributed by atoms with van der Waals surface area (Å²) in [5.41, 5.74) is 0.906. The molecule has 0 radical (unpaired) electrons. The van der Waals surface area contributed by atoms with Crippen LogP contribution >= 0.6 is 11.3 Å². The van der Waals surface area contributed by atoms with Gasteiger partial charge in [-0.1, -0.05) is 32.0 Å². The fourth-order valence-electron chi connectivity index (χ4n) is 2.39. The van der Waals surface area contributed by atoms with Crippen LogP contribution in [0.25, 0.3) is 0 Å². The highest BCUT2D eigenvalue weighted by molar-refractivity contribution is 7.91. The lowest BCUT2D eigenvalue weighted by Gasteiger charge is -2.21. The Morgan fingerprint density at radius 3 is 2.30 bits per heavy atom. The van der Waals surface area contributed by atoms with E-state index in [2.05, 4.69) is 10.0 Å². The Morgan fingerprint density at radius 1 is 1.11 bits per heavy atom. The fraction of sp³-hybridized carbons (Fsp3) is 0.421. The maximum Gasteiger partial charge on any atom is 0.250 e. The standard InChI is InChI=1S/C19H26N2O4S2/c1-13(2)18(21-27(23,24)17-6-5-11-26-17)19(22)20-12-15-7-9-16(10-8-15)25-14(3)4/h5-11,13-14,18,21H,12H2,1-4H3,(H,20,22). The summed E-state index contributed by atoms with van der Waals surface area (Å²) in [6.45, 7) is 7.83. The average molecular weight is 411 g/mol. The van der Waals surface area contributed by atoms with Crippen molar-refractivity contribution in [2.75, 3.05) is 0 Å². The minimum atomic E-state index is -3.72. The largest absolute Gasteiger partial charge is 0.491 e. The van der Waals surface area contributed by atoms with Crippen LogP contribution in [-0.4, -0.2) is 26.5 Å². The molecule has 1 unspecified atom stereocenters. The normalized spacial score (nSPS) is 13.0. The minimum Gasteiger partial charge on any atom is -0.491 e. The lowest BCUT2D eigenvalue weighted by molar-refractivity contribution is -0.123. The highest BCUT2D eigenvalue weighted by Gasteiger charge is 2.28. The number of amides is 1. The van der Waals surface area contributed by atoms with Crippen LogP contribution in [0.1, 0.15) is 33.3 Å². The van der Waals surface area contributed by atoms with Crippen molar-refractivity contribution >= 4 is 27.3 Å². The van der Waals surface area contributed by atoms with Crippen LogP contribution in [0.5, 0.6) is 5.75 Å². The first-order valence-corrected chi connectivity index (χ1v) is 11.1. The molecule has 1 aromatic carbocycles. The van der Waals surface area contributed by atoms with E-state index in [-0.39, 0.29) is 22.1 Å². The summed E-state index contributed by atoms with van der Waals surface area (Å²) in [6, 6.07) is 9.78. The average Bonchev–Trinajstić information content (AvgIpc) is 3.14. The third-order valence-electron chi connectivity index (χ3n) is 3.75. The second-order valence-corrected chi connectivity index (χ2v) is 9.69. The van der Waals surface area contributed by atoms with Crippen LogP contribution in [0.2, 0.25) is 0 Å². The summed E-state index contributed by atoms with van der Waals surface area (Å²) < 4.78 is 33.1. The smallest absolute Gasteiger partial charge is 0.250 e. The molecule has 0 aliphatic heterocycles. The minimum absolute atomic E-state index is 0.0960. The van der Waals surface area contributed by atoms with Crippen molar-refractivity contribution in [2.45, 2.75) is 50.6 Å². The molecule has 0 aliphatic carbocycles. The molecule has 1 atom stereocenters. The third kappa shape index (κ3) is 6.34. The maximum atomic E-state index is 12.6. The third-order valence-corrected chi connectivity index (χ3v) is 6.59. The molecule has 0 saturated heterocycles. The van der Waals surface area contributed by atoms with Crippen LogP contribution in [0.15, 0.2) is 46.0 Å². The van der Waals surface area contributed by atoms with E-state index in [4.69, 9.17) is 4.74 Å². The number of hydrogen-bond acceptors (Lipinski definition) is 5. The monoisotopic (exact) mass is 410 g/mol. The summed E-state index contributed by atoms with van der Waals surface area (Å²) in [6.07, 6.45) is 0.0960. The van der Waals surface area contributed by atoms with E-state index in [1.54, 1.807) is 25.3 Å². The lowest BCUT2D eigenvalue weighted by atomic mass is 10.0. The van der Waals surface area contributed by atoms with Crippen molar-refractivity contribution in [2.24, 2.45) is 5.92 Å². The zero-order chi connectivity index (χ0) is 20.0. The first-order chi connectivity index (χ1) is 12.7. The van der Waals surface area contributed by atoms with E-state index in [9.17, 15) is 13.2 Å². The first-order valence-electron chi connectivity index (χ1n) is 8.78. The molecule has 0 bridgehead atoms. The molecule has 148 valence electrons. The predicted molar refractivity (Wildman–Crippen MR) is 107 cm³/mol. The van der Waals surface area contributed by atoms with Crippen molar-refractivity contribution in [1.29, 1.82) is 0 Å². The lowest BCUT2D eigenvalue weighted by Crippen LogP contribution is -2.49. The van der Waals surface area contributed by atoms with Crippen molar-refractivity contribution in [1.82, 2.24) is 10.0 Å². The Kier molecular flexibility index (Phi) is 7.41. The van der Waals surface area contributed by atoms with Crippen LogP contribution in [0.3, 0.4) is 0 Å². The SMILES string of the molecule is CC(C)Oc1ccc(CNC(=O)C(NS(=O)(=O)c2cccs2)C(C)C)cc1. The number of sulfonamides is 1. The van der Waals surface area contributed by atoms with E-state index in [0.717, 1.165) is 22.6 Å². The topological polar surface area (TPSA) is 84.5 Å². The summed E-state index contributed by atoms with van der Waals surface area (Å²) in [5.74, 6) is 0.220. The summed E-state index contributed by atoms with van der Waals surface area (Å²) >= 11 is 1.12. The zero-order valence-electron chi connectivity index (χ0n) is 15.9. The number of thiophene rings is 1. The number of carbonyl (C=O) groups excluding carboxylic acids is 1. The number of benzene rings is 1. The molecule has 8 heteroatoms. The van der Waals surface area contributed by atoms with Gasteiger partial charge in [-0.15, -0.1) is 11.3 Å².